The molecule has 2 unspecified atom stereocenters. The topological polar surface area (TPSA) is 29.4 Å². The summed E-state index contributed by atoms with van der Waals surface area (Å²) in [6, 6.07) is 0.138. The fourth-order valence-corrected chi connectivity index (χ4v) is 1.73. The molecule has 0 aliphatic heterocycles. The summed E-state index contributed by atoms with van der Waals surface area (Å²) < 4.78 is 0. The van der Waals surface area contributed by atoms with Crippen LogP contribution >= 0.6 is 0 Å². The van der Waals surface area contributed by atoms with Crippen molar-refractivity contribution in [2.75, 3.05) is 0 Å². The highest BCUT2D eigenvalue weighted by Gasteiger charge is 2.20. The molecule has 0 saturated heterocycles. The third-order valence-electron chi connectivity index (χ3n) is 2.48. The van der Waals surface area contributed by atoms with Crippen molar-refractivity contribution in [3.8, 4) is 0 Å². The Balaban J connectivity index is 2.31. The van der Waals surface area contributed by atoms with Crippen LogP contribution in [0.4, 0.5) is 0 Å². The van der Waals surface area contributed by atoms with E-state index in [9.17, 15) is 4.91 Å². The Labute approximate surface area is 62.0 Å². The standard InChI is InChI=1S/C8H15NO/c1-2-7-4-3-5-8(6-7)9-10/h7-8H,2-6H2,1H3. The third-order valence-corrected chi connectivity index (χ3v) is 2.48. The molecule has 2 heteroatoms. The predicted octanol–water partition coefficient (Wildman–Crippen LogP) is 2.72. The first-order valence-corrected chi connectivity index (χ1v) is 4.19. The van der Waals surface area contributed by atoms with Crippen LogP contribution in [0, 0.1) is 10.8 Å². The SMILES string of the molecule is CCC1CCCC(N=O)C1. The van der Waals surface area contributed by atoms with Crippen LogP contribution < -0.4 is 0 Å². The van der Waals surface area contributed by atoms with Crippen molar-refractivity contribution in [1.82, 2.24) is 0 Å². The minimum absolute atomic E-state index is 0.138. The zero-order valence-corrected chi connectivity index (χ0v) is 6.55. The minimum atomic E-state index is 0.138. The van der Waals surface area contributed by atoms with Gasteiger partial charge in [0.15, 0.2) is 0 Å². The van der Waals surface area contributed by atoms with Crippen LogP contribution in [0.15, 0.2) is 5.18 Å². The van der Waals surface area contributed by atoms with Crippen LogP contribution in [0.25, 0.3) is 0 Å². The molecule has 1 aliphatic rings. The quantitative estimate of drug-likeness (QED) is 0.543. The molecule has 0 heterocycles. The highest BCUT2D eigenvalue weighted by Crippen LogP contribution is 2.27. The van der Waals surface area contributed by atoms with Gasteiger partial charge in [0.1, 0.15) is 0 Å². The molecule has 1 aliphatic carbocycles. The average molecular weight is 141 g/mol. The van der Waals surface area contributed by atoms with E-state index in [1.165, 1.54) is 19.3 Å². The van der Waals surface area contributed by atoms with E-state index < -0.39 is 0 Å². The van der Waals surface area contributed by atoms with E-state index in [0.717, 1.165) is 18.8 Å². The monoisotopic (exact) mass is 141 g/mol. The lowest BCUT2D eigenvalue weighted by molar-refractivity contribution is 0.315. The maximum atomic E-state index is 10.2. The van der Waals surface area contributed by atoms with Crippen LogP contribution in [0.2, 0.25) is 0 Å². The van der Waals surface area contributed by atoms with Crippen LogP contribution in [0.3, 0.4) is 0 Å². The van der Waals surface area contributed by atoms with Crippen LogP contribution in [0.5, 0.6) is 0 Å². The van der Waals surface area contributed by atoms with E-state index in [4.69, 9.17) is 0 Å². The lowest BCUT2D eigenvalue weighted by atomic mass is 9.85. The zero-order chi connectivity index (χ0) is 7.40. The minimum Gasteiger partial charge on any atom is -0.151 e. The summed E-state index contributed by atoms with van der Waals surface area (Å²) in [6.07, 6.45) is 5.80. The highest BCUT2D eigenvalue weighted by molar-refractivity contribution is 4.76. The molecule has 58 valence electrons. The first-order valence-electron chi connectivity index (χ1n) is 4.19. The summed E-state index contributed by atoms with van der Waals surface area (Å²) in [4.78, 5) is 10.2. The smallest absolute Gasteiger partial charge is 0.0922 e. The van der Waals surface area contributed by atoms with Gasteiger partial charge in [-0.3, -0.25) is 0 Å². The summed E-state index contributed by atoms with van der Waals surface area (Å²) in [7, 11) is 0. The summed E-state index contributed by atoms with van der Waals surface area (Å²) >= 11 is 0. The van der Waals surface area contributed by atoms with Crippen molar-refractivity contribution in [2.45, 2.75) is 45.1 Å². The molecule has 1 saturated carbocycles. The predicted molar refractivity (Wildman–Crippen MR) is 41.8 cm³/mol. The number of nitrogens with zero attached hydrogens (tertiary/aromatic N) is 1. The Bertz CT molecular complexity index is 114. The van der Waals surface area contributed by atoms with Gasteiger partial charge in [0.25, 0.3) is 0 Å². The molecule has 0 amide bonds. The maximum absolute atomic E-state index is 10.2. The van der Waals surface area contributed by atoms with Gasteiger partial charge < -0.3 is 0 Å². The molecule has 2 nitrogen and oxygen atoms in total. The van der Waals surface area contributed by atoms with Gasteiger partial charge in [-0.2, -0.15) is 4.91 Å². The number of rotatable bonds is 2. The molecular formula is C8H15NO. The maximum Gasteiger partial charge on any atom is 0.0922 e. The van der Waals surface area contributed by atoms with E-state index in [0.29, 0.717) is 0 Å². The van der Waals surface area contributed by atoms with E-state index in [1.54, 1.807) is 0 Å². The second-order valence-corrected chi connectivity index (χ2v) is 3.20. The third kappa shape index (κ3) is 1.79. The summed E-state index contributed by atoms with van der Waals surface area (Å²) in [5, 5.41) is 3.10. The molecule has 10 heavy (non-hydrogen) atoms. The van der Waals surface area contributed by atoms with E-state index >= 15 is 0 Å². The van der Waals surface area contributed by atoms with Crippen molar-refractivity contribution < 1.29 is 0 Å². The Hall–Kier alpha value is -0.400. The lowest BCUT2D eigenvalue weighted by Gasteiger charge is -2.23. The van der Waals surface area contributed by atoms with Gasteiger partial charge in [-0.25, -0.2) is 0 Å². The summed E-state index contributed by atoms with van der Waals surface area (Å²) in [5.74, 6) is 0.774. The first kappa shape index (κ1) is 7.70. The van der Waals surface area contributed by atoms with Gasteiger partial charge in [-0.05, 0) is 18.8 Å². The van der Waals surface area contributed by atoms with E-state index in [1.807, 2.05) is 0 Å². The largest absolute Gasteiger partial charge is 0.151 e. The number of nitroso groups, excluding NO2 is 1. The lowest BCUT2D eigenvalue weighted by Crippen LogP contribution is -2.17. The molecule has 2 atom stereocenters. The highest BCUT2D eigenvalue weighted by atomic mass is 16.3. The van der Waals surface area contributed by atoms with Gasteiger partial charge in [0, 0.05) is 0 Å². The molecule has 0 radical (unpaired) electrons. The van der Waals surface area contributed by atoms with E-state index in [-0.39, 0.29) is 6.04 Å². The normalized spacial score (nSPS) is 33.7. The first-order chi connectivity index (χ1) is 4.86. The second kappa shape index (κ2) is 3.69. The molecule has 0 aromatic heterocycles. The Morgan fingerprint density at radius 3 is 2.90 bits per heavy atom. The number of hydrogen-bond donors (Lipinski definition) is 0. The van der Waals surface area contributed by atoms with Crippen LogP contribution in [-0.4, -0.2) is 6.04 Å². The zero-order valence-electron chi connectivity index (χ0n) is 6.55. The van der Waals surface area contributed by atoms with Gasteiger partial charge in [-0.15, -0.1) is 0 Å². The average Bonchev–Trinajstić information content (AvgIpc) is 2.05. The molecule has 0 spiro atoms. The van der Waals surface area contributed by atoms with E-state index in [2.05, 4.69) is 12.1 Å². The summed E-state index contributed by atoms with van der Waals surface area (Å²) in [6.45, 7) is 2.19. The van der Waals surface area contributed by atoms with Gasteiger partial charge >= 0.3 is 0 Å². The Morgan fingerprint density at radius 2 is 2.30 bits per heavy atom. The molecule has 0 aromatic rings. The Morgan fingerprint density at radius 1 is 1.50 bits per heavy atom. The van der Waals surface area contributed by atoms with Crippen molar-refractivity contribution in [3.63, 3.8) is 0 Å². The number of hydrogen-bond acceptors (Lipinski definition) is 2. The molecule has 0 N–H and O–H groups in total. The van der Waals surface area contributed by atoms with Gasteiger partial charge in [0.2, 0.25) is 0 Å². The molecule has 1 rings (SSSR count). The van der Waals surface area contributed by atoms with Gasteiger partial charge in [0.05, 0.1) is 6.04 Å². The molecule has 1 fully saturated rings. The van der Waals surface area contributed by atoms with Crippen molar-refractivity contribution in [1.29, 1.82) is 0 Å². The van der Waals surface area contributed by atoms with Crippen molar-refractivity contribution in [3.05, 3.63) is 4.91 Å². The molecular weight excluding hydrogens is 126 g/mol. The second-order valence-electron chi connectivity index (χ2n) is 3.20. The Kier molecular flexibility index (Phi) is 2.84. The fraction of sp³-hybridized carbons (Fsp3) is 1.00. The molecule has 0 bridgehead atoms. The van der Waals surface area contributed by atoms with Crippen molar-refractivity contribution >= 4 is 0 Å². The van der Waals surface area contributed by atoms with Gasteiger partial charge in [-0.1, -0.05) is 31.4 Å². The summed E-state index contributed by atoms with van der Waals surface area (Å²) in [5.41, 5.74) is 0. The molecule has 0 aromatic carbocycles. The van der Waals surface area contributed by atoms with Crippen molar-refractivity contribution in [2.24, 2.45) is 11.1 Å². The fourth-order valence-electron chi connectivity index (χ4n) is 1.73. The van der Waals surface area contributed by atoms with Crippen LogP contribution in [-0.2, 0) is 0 Å². The van der Waals surface area contributed by atoms with Crippen LogP contribution in [0.1, 0.15) is 39.0 Å².